The summed E-state index contributed by atoms with van der Waals surface area (Å²) in [5.41, 5.74) is 0.670. The fourth-order valence-corrected chi connectivity index (χ4v) is 2.51. The average molecular weight is 281 g/mol. The van der Waals surface area contributed by atoms with E-state index >= 15 is 0 Å². The Hall–Kier alpha value is -1.86. The first kappa shape index (κ1) is 13.6. The quantitative estimate of drug-likeness (QED) is 0.840. The van der Waals surface area contributed by atoms with E-state index in [-0.39, 0.29) is 11.4 Å². The Morgan fingerprint density at radius 3 is 2.89 bits per heavy atom. The first-order chi connectivity index (χ1) is 9.12. The number of hydrogen-bond donors (Lipinski definition) is 2. The van der Waals surface area contributed by atoms with Gasteiger partial charge in [-0.25, -0.2) is 13.1 Å². The second kappa shape index (κ2) is 5.85. The van der Waals surface area contributed by atoms with Gasteiger partial charge < -0.3 is 9.73 Å². The van der Waals surface area contributed by atoms with E-state index in [9.17, 15) is 8.42 Å². The topological polar surface area (TPSA) is 84.2 Å². The van der Waals surface area contributed by atoms with E-state index in [0.717, 1.165) is 0 Å². The Morgan fingerprint density at radius 1 is 1.37 bits per heavy atom. The maximum Gasteiger partial charge on any atom is 0.242 e. The lowest BCUT2D eigenvalue weighted by Crippen LogP contribution is -2.23. The molecule has 0 aliphatic carbocycles. The highest BCUT2D eigenvalue weighted by Crippen LogP contribution is 2.13. The van der Waals surface area contributed by atoms with E-state index < -0.39 is 10.0 Å². The number of pyridine rings is 1. The molecule has 7 heteroatoms. The van der Waals surface area contributed by atoms with Gasteiger partial charge in [0.2, 0.25) is 10.0 Å². The molecule has 2 heterocycles. The van der Waals surface area contributed by atoms with Crippen LogP contribution in [0.2, 0.25) is 0 Å². The molecule has 19 heavy (non-hydrogen) atoms. The molecular weight excluding hydrogens is 266 g/mol. The van der Waals surface area contributed by atoms with Crippen LogP contribution in [0, 0.1) is 0 Å². The Bertz CT molecular complexity index is 623. The van der Waals surface area contributed by atoms with Crippen LogP contribution in [0.1, 0.15) is 12.7 Å². The number of furan rings is 1. The summed E-state index contributed by atoms with van der Waals surface area (Å²) >= 11 is 0. The Morgan fingerprint density at radius 2 is 2.21 bits per heavy atom. The van der Waals surface area contributed by atoms with Crippen molar-refractivity contribution in [3.05, 3.63) is 42.6 Å². The number of sulfonamides is 1. The first-order valence-corrected chi connectivity index (χ1v) is 7.31. The summed E-state index contributed by atoms with van der Waals surface area (Å²) in [7, 11) is -3.59. The van der Waals surface area contributed by atoms with Gasteiger partial charge in [-0.1, -0.05) is 0 Å². The molecule has 0 saturated carbocycles. The third kappa shape index (κ3) is 3.55. The van der Waals surface area contributed by atoms with Crippen molar-refractivity contribution in [2.45, 2.75) is 18.4 Å². The van der Waals surface area contributed by atoms with Crippen molar-refractivity contribution in [1.82, 2.24) is 9.71 Å². The minimum absolute atomic E-state index is 0.112. The standard InChI is InChI=1S/C12H15N3O3S/c1-2-14-10-6-12(9-13-7-10)19(16,17)15-8-11-4-3-5-18-11/h3-7,9,14-15H,2,8H2,1H3. The van der Waals surface area contributed by atoms with E-state index in [0.29, 0.717) is 18.0 Å². The van der Waals surface area contributed by atoms with Crippen LogP contribution in [0.15, 0.2) is 46.2 Å². The largest absolute Gasteiger partial charge is 0.468 e. The summed E-state index contributed by atoms with van der Waals surface area (Å²) < 4.78 is 31.7. The number of rotatable bonds is 6. The Balaban J connectivity index is 2.12. The third-order valence-corrected chi connectivity index (χ3v) is 3.79. The molecule has 2 N–H and O–H groups in total. The molecule has 2 rings (SSSR count). The van der Waals surface area contributed by atoms with E-state index in [2.05, 4.69) is 15.0 Å². The zero-order chi connectivity index (χ0) is 13.7. The number of aromatic nitrogens is 1. The molecule has 102 valence electrons. The van der Waals surface area contributed by atoms with Crippen LogP contribution in [0.5, 0.6) is 0 Å². The predicted octanol–water partition coefficient (Wildman–Crippen LogP) is 1.58. The monoisotopic (exact) mass is 281 g/mol. The minimum Gasteiger partial charge on any atom is -0.468 e. The molecule has 0 aliphatic rings. The van der Waals surface area contributed by atoms with Crippen molar-refractivity contribution < 1.29 is 12.8 Å². The minimum atomic E-state index is -3.59. The van der Waals surface area contributed by atoms with Gasteiger partial charge in [-0.05, 0) is 25.1 Å². The van der Waals surface area contributed by atoms with Gasteiger partial charge in [0.25, 0.3) is 0 Å². The van der Waals surface area contributed by atoms with Gasteiger partial charge in [0.05, 0.1) is 24.7 Å². The molecule has 0 saturated heterocycles. The maximum absolute atomic E-state index is 12.1. The summed E-state index contributed by atoms with van der Waals surface area (Å²) in [5.74, 6) is 0.555. The number of nitrogens with one attached hydrogen (secondary N) is 2. The van der Waals surface area contributed by atoms with Gasteiger partial charge in [-0.15, -0.1) is 0 Å². The highest BCUT2D eigenvalue weighted by atomic mass is 32.2. The van der Waals surface area contributed by atoms with Crippen LogP contribution in [0.4, 0.5) is 5.69 Å². The van der Waals surface area contributed by atoms with Crippen LogP contribution in [0.3, 0.4) is 0 Å². The maximum atomic E-state index is 12.1. The lowest BCUT2D eigenvalue weighted by molar-refractivity contribution is 0.498. The summed E-state index contributed by atoms with van der Waals surface area (Å²) in [5, 5.41) is 3.02. The summed E-state index contributed by atoms with van der Waals surface area (Å²) in [4.78, 5) is 4.03. The average Bonchev–Trinajstić information content (AvgIpc) is 2.90. The molecule has 0 spiro atoms. The molecule has 0 amide bonds. The second-order valence-electron chi connectivity index (χ2n) is 3.84. The molecule has 2 aromatic heterocycles. The van der Waals surface area contributed by atoms with Crippen molar-refractivity contribution in [3.63, 3.8) is 0 Å². The zero-order valence-corrected chi connectivity index (χ0v) is 11.3. The van der Waals surface area contributed by atoms with Crippen molar-refractivity contribution >= 4 is 15.7 Å². The van der Waals surface area contributed by atoms with E-state index in [1.807, 2.05) is 6.92 Å². The van der Waals surface area contributed by atoms with E-state index in [1.165, 1.54) is 12.5 Å². The smallest absolute Gasteiger partial charge is 0.242 e. The van der Waals surface area contributed by atoms with Crippen LogP contribution >= 0.6 is 0 Å². The van der Waals surface area contributed by atoms with E-state index in [4.69, 9.17) is 4.42 Å². The molecule has 0 aromatic carbocycles. The van der Waals surface area contributed by atoms with Gasteiger partial charge in [0.1, 0.15) is 10.7 Å². The lowest BCUT2D eigenvalue weighted by Gasteiger charge is -2.07. The van der Waals surface area contributed by atoms with Gasteiger partial charge in [0.15, 0.2) is 0 Å². The van der Waals surface area contributed by atoms with Crippen molar-refractivity contribution in [2.75, 3.05) is 11.9 Å². The highest BCUT2D eigenvalue weighted by molar-refractivity contribution is 7.89. The predicted molar refractivity (Wildman–Crippen MR) is 71.1 cm³/mol. The Labute approximate surface area is 111 Å². The summed E-state index contributed by atoms with van der Waals surface area (Å²) in [6.07, 6.45) is 4.39. The molecule has 0 atom stereocenters. The van der Waals surface area contributed by atoms with Gasteiger partial charge in [-0.2, -0.15) is 0 Å². The molecule has 0 unspecified atom stereocenters. The molecule has 0 aliphatic heterocycles. The molecule has 2 aromatic rings. The van der Waals surface area contributed by atoms with Crippen molar-refractivity contribution in [1.29, 1.82) is 0 Å². The van der Waals surface area contributed by atoms with Crippen LogP contribution in [0.25, 0.3) is 0 Å². The molecule has 0 bridgehead atoms. The normalized spacial score (nSPS) is 11.4. The Kier molecular flexibility index (Phi) is 4.18. The number of nitrogens with zero attached hydrogens (tertiary/aromatic N) is 1. The summed E-state index contributed by atoms with van der Waals surface area (Å²) in [6.45, 7) is 2.74. The van der Waals surface area contributed by atoms with Crippen LogP contribution in [-0.2, 0) is 16.6 Å². The number of hydrogen-bond acceptors (Lipinski definition) is 5. The molecule has 0 fully saturated rings. The van der Waals surface area contributed by atoms with Crippen LogP contribution < -0.4 is 10.0 Å². The molecule has 0 radical (unpaired) electrons. The van der Waals surface area contributed by atoms with Gasteiger partial charge >= 0.3 is 0 Å². The van der Waals surface area contributed by atoms with Crippen LogP contribution in [-0.4, -0.2) is 19.9 Å². The van der Waals surface area contributed by atoms with Crippen molar-refractivity contribution in [2.24, 2.45) is 0 Å². The first-order valence-electron chi connectivity index (χ1n) is 5.83. The number of anilines is 1. The summed E-state index contributed by atoms with van der Waals surface area (Å²) in [6, 6.07) is 4.95. The SMILES string of the molecule is CCNc1cncc(S(=O)(=O)NCc2ccco2)c1. The highest BCUT2D eigenvalue weighted by Gasteiger charge is 2.15. The van der Waals surface area contributed by atoms with Gasteiger partial charge in [0, 0.05) is 12.7 Å². The third-order valence-electron chi connectivity index (χ3n) is 2.42. The van der Waals surface area contributed by atoms with Gasteiger partial charge in [-0.3, -0.25) is 4.98 Å². The molecule has 6 nitrogen and oxygen atoms in total. The second-order valence-corrected chi connectivity index (χ2v) is 5.61. The lowest BCUT2D eigenvalue weighted by atomic mass is 10.4. The van der Waals surface area contributed by atoms with Crippen molar-refractivity contribution in [3.8, 4) is 0 Å². The van der Waals surface area contributed by atoms with E-state index in [1.54, 1.807) is 24.4 Å². The molecular formula is C12H15N3O3S. The fraction of sp³-hybridized carbons (Fsp3) is 0.250. The zero-order valence-electron chi connectivity index (χ0n) is 10.5. The fourth-order valence-electron chi connectivity index (χ4n) is 1.53.